The standard InChI is InChI=1S/C26H29N5O/c1-19-15-23-16-22(24-17-27-29-28-24)8-9-25(23)31(19)18-21-11-13-30(14-12-21)26(32)10-7-20-5-3-2-4-6-20/h2-6,8-9,15-17,21H,7,10-14,18H2,1H3,(H,27,28,29). The van der Waals surface area contributed by atoms with Crippen molar-refractivity contribution in [3.05, 3.63) is 72.1 Å². The lowest BCUT2D eigenvalue weighted by atomic mass is 9.96. The van der Waals surface area contributed by atoms with E-state index in [9.17, 15) is 4.79 Å². The van der Waals surface area contributed by atoms with Gasteiger partial charge in [0.1, 0.15) is 5.69 Å². The normalized spacial score (nSPS) is 14.8. The maximum atomic E-state index is 12.7. The Morgan fingerprint density at radius 3 is 2.66 bits per heavy atom. The second-order valence-electron chi connectivity index (χ2n) is 8.83. The molecule has 0 atom stereocenters. The molecule has 3 heterocycles. The highest BCUT2D eigenvalue weighted by molar-refractivity contribution is 5.86. The SMILES string of the molecule is Cc1cc2cc(-c3cn[nH]n3)ccc2n1CC1CCN(C(=O)CCc2ccccc2)CC1. The molecule has 0 unspecified atom stereocenters. The fourth-order valence-corrected chi connectivity index (χ4v) is 4.83. The van der Waals surface area contributed by atoms with Crippen molar-refractivity contribution in [3.8, 4) is 11.3 Å². The van der Waals surface area contributed by atoms with Gasteiger partial charge < -0.3 is 9.47 Å². The first kappa shape index (κ1) is 20.5. The molecule has 1 amide bonds. The molecular weight excluding hydrogens is 398 g/mol. The number of likely N-dealkylation sites (tertiary alicyclic amines) is 1. The highest BCUT2D eigenvalue weighted by Crippen LogP contribution is 2.28. The number of hydrogen-bond acceptors (Lipinski definition) is 3. The third-order valence-corrected chi connectivity index (χ3v) is 6.70. The maximum absolute atomic E-state index is 12.7. The van der Waals surface area contributed by atoms with Gasteiger partial charge in [0, 0.05) is 48.2 Å². The molecule has 1 aliphatic rings. The molecule has 1 saturated heterocycles. The van der Waals surface area contributed by atoms with E-state index in [0.717, 1.165) is 50.2 Å². The second kappa shape index (κ2) is 8.99. The number of H-pyrrole nitrogens is 1. The quantitative estimate of drug-likeness (QED) is 0.489. The maximum Gasteiger partial charge on any atom is 0.222 e. The Hall–Kier alpha value is -3.41. The second-order valence-corrected chi connectivity index (χ2v) is 8.83. The number of benzene rings is 2. The van der Waals surface area contributed by atoms with Crippen molar-refractivity contribution in [1.82, 2.24) is 24.9 Å². The highest BCUT2D eigenvalue weighted by atomic mass is 16.2. The monoisotopic (exact) mass is 427 g/mol. The number of nitrogens with zero attached hydrogens (tertiary/aromatic N) is 4. The number of piperidine rings is 1. The third-order valence-electron chi connectivity index (χ3n) is 6.70. The van der Waals surface area contributed by atoms with Crippen LogP contribution in [0.2, 0.25) is 0 Å². The van der Waals surface area contributed by atoms with Gasteiger partial charge >= 0.3 is 0 Å². The lowest BCUT2D eigenvalue weighted by Crippen LogP contribution is -2.39. The number of carbonyl (C=O) groups is 1. The predicted octanol–water partition coefficient (Wildman–Crippen LogP) is 4.61. The van der Waals surface area contributed by atoms with Crippen LogP contribution in [0.3, 0.4) is 0 Å². The minimum atomic E-state index is 0.287. The van der Waals surface area contributed by atoms with E-state index in [1.807, 2.05) is 18.2 Å². The Labute approximate surface area is 188 Å². The minimum Gasteiger partial charge on any atom is -0.345 e. The van der Waals surface area contributed by atoms with Crippen molar-refractivity contribution < 1.29 is 4.79 Å². The minimum absolute atomic E-state index is 0.287. The number of aromatic nitrogens is 4. The molecule has 1 fully saturated rings. The summed E-state index contributed by atoms with van der Waals surface area (Å²) in [5.41, 5.74) is 5.71. The summed E-state index contributed by atoms with van der Waals surface area (Å²) in [7, 11) is 0. The van der Waals surface area contributed by atoms with Crippen LogP contribution in [0.5, 0.6) is 0 Å². The first-order valence-electron chi connectivity index (χ1n) is 11.4. The van der Waals surface area contributed by atoms with E-state index in [4.69, 9.17) is 0 Å². The molecule has 6 heteroatoms. The van der Waals surface area contributed by atoms with Gasteiger partial charge in [0.25, 0.3) is 0 Å². The fourth-order valence-electron chi connectivity index (χ4n) is 4.83. The number of nitrogens with one attached hydrogen (secondary N) is 1. The number of fused-ring (bicyclic) bond motifs is 1. The molecule has 6 nitrogen and oxygen atoms in total. The average molecular weight is 428 g/mol. The summed E-state index contributed by atoms with van der Waals surface area (Å²) in [4.78, 5) is 14.7. The van der Waals surface area contributed by atoms with E-state index in [2.05, 4.69) is 68.2 Å². The van der Waals surface area contributed by atoms with E-state index in [0.29, 0.717) is 12.3 Å². The van der Waals surface area contributed by atoms with E-state index < -0.39 is 0 Å². The van der Waals surface area contributed by atoms with Gasteiger partial charge in [-0.05, 0) is 55.9 Å². The molecule has 0 radical (unpaired) electrons. The van der Waals surface area contributed by atoms with Gasteiger partial charge in [0.05, 0.1) is 6.20 Å². The lowest BCUT2D eigenvalue weighted by Gasteiger charge is -2.32. The van der Waals surface area contributed by atoms with E-state index >= 15 is 0 Å². The van der Waals surface area contributed by atoms with Crippen LogP contribution in [0.15, 0.2) is 60.8 Å². The Bertz CT molecular complexity index is 1190. The third kappa shape index (κ3) is 4.31. The van der Waals surface area contributed by atoms with Crippen molar-refractivity contribution in [3.63, 3.8) is 0 Å². The summed E-state index contributed by atoms with van der Waals surface area (Å²) in [6, 6.07) is 19.0. The van der Waals surface area contributed by atoms with Crippen molar-refractivity contribution in [1.29, 1.82) is 0 Å². The molecule has 0 spiro atoms. The van der Waals surface area contributed by atoms with Crippen molar-refractivity contribution in [2.24, 2.45) is 5.92 Å². The van der Waals surface area contributed by atoms with Gasteiger partial charge in [0.2, 0.25) is 5.91 Å². The van der Waals surface area contributed by atoms with Crippen molar-refractivity contribution in [2.75, 3.05) is 13.1 Å². The van der Waals surface area contributed by atoms with Gasteiger partial charge in [-0.25, -0.2) is 0 Å². The van der Waals surface area contributed by atoms with Crippen LogP contribution in [-0.4, -0.2) is 43.9 Å². The summed E-state index contributed by atoms with van der Waals surface area (Å²) < 4.78 is 2.43. The van der Waals surface area contributed by atoms with E-state index in [-0.39, 0.29) is 5.91 Å². The molecule has 164 valence electrons. The molecule has 0 aliphatic carbocycles. The molecule has 1 aliphatic heterocycles. The van der Waals surface area contributed by atoms with Crippen LogP contribution in [0.25, 0.3) is 22.2 Å². The molecule has 4 aromatic rings. The van der Waals surface area contributed by atoms with Gasteiger partial charge in [-0.3, -0.25) is 4.79 Å². The number of aromatic amines is 1. The Morgan fingerprint density at radius 2 is 1.91 bits per heavy atom. The van der Waals surface area contributed by atoms with Crippen LogP contribution in [0, 0.1) is 12.8 Å². The van der Waals surface area contributed by atoms with Crippen LogP contribution < -0.4 is 0 Å². The van der Waals surface area contributed by atoms with Crippen molar-refractivity contribution in [2.45, 2.75) is 39.2 Å². The number of rotatable bonds is 6. The Kier molecular flexibility index (Phi) is 5.75. The molecule has 1 N–H and O–H groups in total. The Balaban J connectivity index is 1.19. The lowest BCUT2D eigenvalue weighted by molar-refractivity contribution is -0.132. The number of carbonyl (C=O) groups excluding carboxylic acids is 1. The number of hydrogen-bond donors (Lipinski definition) is 1. The molecule has 32 heavy (non-hydrogen) atoms. The van der Waals surface area contributed by atoms with Gasteiger partial charge in [-0.2, -0.15) is 15.4 Å². The summed E-state index contributed by atoms with van der Waals surface area (Å²) in [5, 5.41) is 12.0. The molecular formula is C26H29N5O. The Morgan fingerprint density at radius 1 is 1.09 bits per heavy atom. The fraction of sp³-hybridized carbons (Fsp3) is 0.346. The van der Waals surface area contributed by atoms with Crippen LogP contribution in [0.4, 0.5) is 0 Å². The van der Waals surface area contributed by atoms with E-state index in [1.54, 1.807) is 6.20 Å². The van der Waals surface area contributed by atoms with E-state index in [1.165, 1.54) is 22.2 Å². The number of aryl methyl sites for hydroxylation is 2. The van der Waals surface area contributed by atoms with Gasteiger partial charge in [0.15, 0.2) is 0 Å². The molecule has 0 saturated carbocycles. The molecule has 2 aromatic heterocycles. The van der Waals surface area contributed by atoms with Crippen LogP contribution in [0.1, 0.15) is 30.5 Å². The predicted molar refractivity (Wildman–Crippen MR) is 126 cm³/mol. The first-order chi connectivity index (χ1) is 15.7. The summed E-state index contributed by atoms with van der Waals surface area (Å²) >= 11 is 0. The van der Waals surface area contributed by atoms with Crippen LogP contribution >= 0.6 is 0 Å². The largest absolute Gasteiger partial charge is 0.345 e. The molecule has 0 bridgehead atoms. The van der Waals surface area contributed by atoms with Crippen LogP contribution in [-0.2, 0) is 17.8 Å². The first-order valence-corrected chi connectivity index (χ1v) is 11.4. The van der Waals surface area contributed by atoms with Crippen molar-refractivity contribution >= 4 is 16.8 Å². The topological polar surface area (TPSA) is 66.8 Å². The zero-order valence-electron chi connectivity index (χ0n) is 18.5. The zero-order chi connectivity index (χ0) is 21.9. The number of amides is 1. The molecule has 5 rings (SSSR count). The molecule has 2 aromatic carbocycles. The van der Waals surface area contributed by atoms with Gasteiger partial charge in [-0.1, -0.05) is 36.4 Å². The average Bonchev–Trinajstić information content (AvgIpc) is 3.47. The summed E-state index contributed by atoms with van der Waals surface area (Å²) in [6.45, 7) is 4.92. The summed E-state index contributed by atoms with van der Waals surface area (Å²) in [6.07, 6.45) is 5.30. The summed E-state index contributed by atoms with van der Waals surface area (Å²) in [5.74, 6) is 0.882. The zero-order valence-corrected chi connectivity index (χ0v) is 18.5. The van der Waals surface area contributed by atoms with Gasteiger partial charge in [-0.15, -0.1) is 0 Å². The highest BCUT2D eigenvalue weighted by Gasteiger charge is 2.23. The smallest absolute Gasteiger partial charge is 0.222 e.